The second kappa shape index (κ2) is 6.55. The maximum atomic E-state index is 10.9. The molecule has 1 fully saturated rings. The number of hydrogen-bond donors (Lipinski definition) is 5. The van der Waals surface area contributed by atoms with Gasteiger partial charge in [0, 0.05) is 17.3 Å². The minimum atomic E-state index is -1.39. The number of anilines is 1. The molecule has 0 unspecified atom stereocenters. The Morgan fingerprint density at radius 2 is 2.09 bits per heavy atom. The molecule has 122 valence electrons. The van der Waals surface area contributed by atoms with Gasteiger partial charge < -0.3 is 30.5 Å². The van der Waals surface area contributed by atoms with Crippen molar-refractivity contribution in [2.24, 2.45) is 0 Å². The van der Waals surface area contributed by atoms with Gasteiger partial charge in [0.2, 0.25) is 0 Å². The quantitative estimate of drug-likeness (QED) is 0.348. The van der Waals surface area contributed by atoms with Crippen molar-refractivity contribution in [1.29, 1.82) is 0 Å². The van der Waals surface area contributed by atoms with Crippen LogP contribution in [0.15, 0.2) is 18.2 Å². The standard InChI is InChI=1S/C13H18N2O7/c1-6-2-3-7(4-8(6)15(20)21)14-13-11(19)10(18)12(22-13)9(17)5-16/h2-4,9-14,16-19H,5H2,1H3/t9-,10+,11-,12+,13+/m1/s1. The van der Waals surface area contributed by atoms with Crippen molar-refractivity contribution in [2.45, 2.75) is 37.6 Å². The molecule has 0 bridgehead atoms. The Labute approximate surface area is 125 Å². The molecule has 1 aliphatic heterocycles. The van der Waals surface area contributed by atoms with Crippen molar-refractivity contribution >= 4 is 11.4 Å². The average Bonchev–Trinajstić information content (AvgIpc) is 2.76. The number of nitro benzene ring substituents is 1. The van der Waals surface area contributed by atoms with Gasteiger partial charge in [0.1, 0.15) is 24.4 Å². The molecule has 9 nitrogen and oxygen atoms in total. The third kappa shape index (κ3) is 3.18. The summed E-state index contributed by atoms with van der Waals surface area (Å²) in [5, 5.41) is 51.7. The van der Waals surface area contributed by atoms with E-state index in [1.54, 1.807) is 13.0 Å². The van der Waals surface area contributed by atoms with Crippen LogP contribution in [0.25, 0.3) is 0 Å². The first-order valence-electron chi connectivity index (χ1n) is 6.67. The van der Waals surface area contributed by atoms with E-state index in [2.05, 4.69) is 5.32 Å². The Bertz CT molecular complexity index is 553. The van der Waals surface area contributed by atoms with Gasteiger partial charge in [-0.3, -0.25) is 10.1 Å². The smallest absolute Gasteiger partial charge is 0.274 e. The average molecular weight is 314 g/mol. The van der Waals surface area contributed by atoms with Crippen molar-refractivity contribution in [1.82, 2.24) is 0 Å². The van der Waals surface area contributed by atoms with Gasteiger partial charge >= 0.3 is 0 Å². The fourth-order valence-electron chi connectivity index (χ4n) is 2.31. The second-order valence-electron chi connectivity index (χ2n) is 5.16. The zero-order valence-electron chi connectivity index (χ0n) is 11.8. The van der Waals surface area contributed by atoms with Crippen LogP contribution >= 0.6 is 0 Å². The third-order valence-corrected chi connectivity index (χ3v) is 3.58. The monoisotopic (exact) mass is 314 g/mol. The number of aryl methyl sites for hydroxylation is 1. The highest BCUT2D eigenvalue weighted by atomic mass is 16.6. The van der Waals surface area contributed by atoms with Crippen LogP contribution in [0.5, 0.6) is 0 Å². The highest BCUT2D eigenvalue weighted by molar-refractivity contribution is 5.55. The summed E-state index contributed by atoms with van der Waals surface area (Å²) in [6.45, 7) is 0.970. The van der Waals surface area contributed by atoms with E-state index in [1.165, 1.54) is 12.1 Å². The molecule has 1 aromatic rings. The topological polar surface area (TPSA) is 145 Å². The summed E-state index contributed by atoms with van der Waals surface area (Å²) in [6.07, 6.45) is -6.31. The summed E-state index contributed by atoms with van der Waals surface area (Å²) in [7, 11) is 0. The first kappa shape index (κ1) is 16.6. The van der Waals surface area contributed by atoms with E-state index in [4.69, 9.17) is 9.84 Å². The molecule has 5 N–H and O–H groups in total. The Balaban J connectivity index is 2.14. The summed E-state index contributed by atoms with van der Waals surface area (Å²) < 4.78 is 5.28. The number of nitrogens with zero attached hydrogens (tertiary/aromatic N) is 1. The molecular formula is C13H18N2O7. The largest absolute Gasteiger partial charge is 0.394 e. The first-order chi connectivity index (χ1) is 10.3. The fraction of sp³-hybridized carbons (Fsp3) is 0.538. The summed E-state index contributed by atoms with van der Waals surface area (Å²) >= 11 is 0. The van der Waals surface area contributed by atoms with Gasteiger partial charge in [0.05, 0.1) is 11.5 Å². The van der Waals surface area contributed by atoms with Crippen molar-refractivity contribution in [3.05, 3.63) is 33.9 Å². The predicted octanol–water partition coefficient (Wildman–Crippen LogP) is -0.885. The van der Waals surface area contributed by atoms with Crippen molar-refractivity contribution in [2.75, 3.05) is 11.9 Å². The molecule has 0 spiro atoms. The van der Waals surface area contributed by atoms with Crippen LogP contribution in [0.4, 0.5) is 11.4 Å². The molecular weight excluding hydrogens is 296 g/mol. The van der Waals surface area contributed by atoms with Crippen LogP contribution in [0, 0.1) is 17.0 Å². The zero-order valence-corrected chi connectivity index (χ0v) is 11.8. The van der Waals surface area contributed by atoms with Gasteiger partial charge in [0.25, 0.3) is 5.69 Å². The van der Waals surface area contributed by atoms with E-state index >= 15 is 0 Å². The Morgan fingerprint density at radius 1 is 1.41 bits per heavy atom. The number of ether oxygens (including phenoxy) is 1. The fourth-order valence-corrected chi connectivity index (χ4v) is 2.31. The SMILES string of the molecule is Cc1ccc(N[C@H]2O[C@@H]([C@H](O)CO)[C@@H](O)[C@H]2O)cc1[N+](=O)[O-]. The van der Waals surface area contributed by atoms with Gasteiger partial charge in [-0.2, -0.15) is 0 Å². The molecule has 1 aliphatic rings. The van der Waals surface area contributed by atoms with E-state index in [-0.39, 0.29) is 5.69 Å². The molecule has 1 saturated heterocycles. The van der Waals surface area contributed by atoms with Crippen molar-refractivity contribution < 1.29 is 30.1 Å². The molecule has 1 aromatic carbocycles. The van der Waals surface area contributed by atoms with Crippen molar-refractivity contribution in [3.63, 3.8) is 0 Å². The lowest BCUT2D eigenvalue weighted by Gasteiger charge is -2.19. The van der Waals surface area contributed by atoms with E-state index in [0.717, 1.165) is 0 Å². The molecule has 0 aromatic heterocycles. The van der Waals surface area contributed by atoms with E-state index in [1.807, 2.05) is 0 Å². The third-order valence-electron chi connectivity index (χ3n) is 3.58. The molecule has 0 saturated carbocycles. The van der Waals surface area contributed by atoms with Crippen LogP contribution in [0.2, 0.25) is 0 Å². The summed E-state index contributed by atoms with van der Waals surface area (Å²) in [5.41, 5.74) is 0.717. The number of aliphatic hydroxyl groups excluding tert-OH is 4. The molecule has 1 heterocycles. The Kier molecular flexibility index (Phi) is 4.94. The van der Waals surface area contributed by atoms with Crippen molar-refractivity contribution in [3.8, 4) is 0 Å². The van der Waals surface area contributed by atoms with E-state index in [9.17, 15) is 25.4 Å². The normalized spacial score (nSPS) is 29.3. The summed E-state index contributed by atoms with van der Waals surface area (Å²) in [6, 6.07) is 4.40. The van der Waals surface area contributed by atoms with E-state index in [0.29, 0.717) is 11.3 Å². The van der Waals surface area contributed by atoms with Gasteiger partial charge in [-0.05, 0) is 13.0 Å². The highest BCUT2D eigenvalue weighted by Gasteiger charge is 2.45. The first-order valence-corrected chi connectivity index (χ1v) is 6.67. The molecule has 0 aliphatic carbocycles. The molecule has 5 atom stereocenters. The lowest BCUT2D eigenvalue weighted by atomic mass is 10.1. The maximum Gasteiger partial charge on any atom is 0.274 e. The lowest BCUT2D eigenvalue weighted by molar-refractivity contribution is -0.385. The minimum Gasteiger partial charge on any atom is -0.394 e. The molecule has 22 heavy (non-hydrogen) atoms. The number of benzene rings is 1. The Morgan fingerprint density at radius 3 is 2.68 bits per heavy atom. The van der Waals surface area contributed by atoms with Crippen LogP contribution in [0.3, 0.4) is 0 Å². The van der Waals surface area contributed by atoms with E-state index < -0.39 is 42.2 Å². The maximum absolute atomic E-state index is 10.9. The zero-order chi connectivity index (χ0) is 16.4. The van der Waals surface area contributed by atoms with Crippen LogP contribution < -0.4 is 5.32 Å². The minimum absolute atomic E-state index is 0.0926. The van der Waals surface area contributed by atoms with Crippen LogP contribution in [0.1, 0.15) is 5.56 Å². The molecule has 0 amide bonds. The Hall–Kier alpha value is -1.78. The van der Waals surface area contributed by atoms with Crippen LogP contribution in [-0.4, -0.2) is 62.6 Å². The predicted molar refractivity (Wildman–Crippen MR) is 75.2 cm³/mol. The molecule has 2 rings (SSSR count). The number of aliphatic hydroxyl groups is 4. The van der Waals surface area contributed by atoms with Gasteiger partial charge in [-0.1, -0.05) is 6.07 Å². The number of rotatable bonds is 5. The van der Waals surface area contributed by atoms with Gasteiger partial charge in [-0.25, -0.2) is 0 Å². The number of nitro groups is 1. The molecule has 0 radical (unpaired) electrons. The lowest BCUT2D eigenvalue weighted by Crippen LogP contribution is -2.40. The molecule has 9 heteroatoms. The number of hydrogen-bond acceptors (Lipinski definition) is 8. The highest BCUT2D eigenvalue weighted by Crippen LogP contribution is 2.28. The van der Waals surface area contributed by atoms with Gasteiger partial charge in [0.15, 0.2) is 6.23 Å². The number of nitrogens with one attached hydrogen (secondary N) is 1. The summed E-state index contributed by atoms with van der Waals surface area (Å²) in [5.74, 6) is 0. The van der Waals surface area contributed by atoms with Crippen LogP contribution in [-0.2, 0) is 4.74 Å². The van der Waals surface area contributed by atoms with Gasteiger partial charge in [-0.15, -0.1) is 0 Å². The second-order valence-corrected chi connectivity index (χ2v) is 5.16. The summed E-state index contributed by atoms with van der Waals surface area (Å²) in [4.78, 5) is 10.4.